The zero-order chi connectivity index (χ0) is 19.8. The molecule has 152 valence electrons. The Balaban J connectivity index is 1.56. The standard InChI is InChI=1S/C23H33N3OS/c1-3-20-9-11-21(12-10-20)24-23(28)26(18-22-8-5-16-27-22)15-6-14-25-13-4-7-19(2)17-25/h5,8-12,16,19H,3-4,6-7,13-15,17-18H2,1-2H3,(H,24,28)/t19-/m1/s1. The minimum absolute atomic E-state index is 0.697. The molecule has 1 N–H and O–H groups in total. The predicted octanol–water partition coefficient (Wildman–Crippen LogP) is 5.16. The molecule has 0 spiro atoms. The van der Waals surface area contributed by atoms with Gasteiger partial charge in [0.1, 0.15) is 5.76 Å². The highest BCUT2D eigenvalue weighted by atomic mass is 32.1. The summed E-state index contributed by atoms with van der Waals surface area (Å²) in [6.45, 7) is 9.73. The van der Waals surface area contributed by atoms with Gasteiger partial charge in [0.2, 0.25) is 0 Å². The van der Waals surface area contributed by atoms with Crippen LogP contribution in [0.15, 0.2) is 47.1 Å². The van der Waals surface area contributed by atoms with Crippen LogP contribution in [0.1, 0.15) is 44.4 Å². The number of hydrogen-bond donors (Lipinski definition) is 1. The lowest BCUT2D eigenvalue weighted by Crippen LogP contribution is -2.39. The van der Waals surface area contributed by atoms with Gasteiger partial charge in [0.05, 0.1) is 12.8 Å². The number of benzene rings is 1. The van der Waals surface area contributed by atoms with Crippen LogP contribution in [0.3, 0.4) is 0 Å². The smallest absolute Gasteiger partial charge is 0.173 e. The highest BCUT2D eigenvalue weighted by Gasteiger charge is 2.17. The minimum Gasteiger partial charge on any atom is -0.467 e. The largest absolute Gasteiger partial charge is 0.467 e. The molecule has 0 unspecified atom stereocenters. The Bertz CT molecular complexity index is 714. The summed E-state index contributed by atoms with van der Waals surface area (Å²) in [6, 6.07) is 12.5. The third kappa shape index (κ3) is 6.35. The van der Waals surface area contributed by atoms with Crippen molar-refractivity contribution in [1.29, 1.82) is 0 Å². The van der Waals surface area contributed by atoms with Crippen LogP contribution in [-0.2, 0) is 13.0 Å². The van der Waals surface area contributed by atoms with Crippen LogP contribution < -0.4 is 5.32 Å². The zero-order valence-corrected chi connectivity index (χ0v) is 18.0. The lowest BCUT2D eigenvalue weighted by atomic mass is 10.0. The SMILES string of the molecule is CCc1ccc(NC(=S)N(CCCN2CCC[C@@H](C)C2)Cc2ccco2)cc1. The molecule has 4 nitrogen and oxygen atoms in total. The lowest BCUT2D eigenvalue weighted by molar-refractivity contribution is 0.177. The second-order valence-corrected chi connectivity index (χ2v) is 8.27. The Morgan fingerprint density at radius 2 is 2.11 bits per heavy atom. The van der Waals surface area contributed by atoms with E-state index in [2.05, 4.69) is 53.2 Å². The summed E-state index contributed by atoms with van der Waals surface area (Å²) in [5, 5.41) is 4.16. The number of likely N-dealkylation sites (tertiary alicyclic amines) is 1. The summed E-state index contributed by atoms with van der Waals surface area (Å²) in [4.78, 5) is 4.81. The molecule has 0 aliphatic carbocycles. The molecule has 2 heterocycles. The second-order valence-electron chi connectivity index (χ2n) is 7.88. The van der Waals surface area contributed by atoms with Crippen LogP contribution in [0, 0.1) is 5.92 Å². The Labute approximate surface area is 174 Å². The maximum absolute atomic E-state index is 5.74. The Kier molecular flexibility index (Phi) is 7.92. The molecule has 1 atom stereocenters. The number of furan rings is 1. The number of aryl methyl sites for hydroxylation is 1. The molecule has 0 saturated carbocycles. The van der Waals surface area contributed by atoms with E-state index in [9.17, 15) is 0 Å². The van der Waals surface area contributed by atoms with E-state index in [4.69, 9.17) is 16.6 Å². The zero-order valence-electron chi connectivity index (χ0n) is 17.2. The summed E-state index contributed by atoms with van der Waals surface area (Å²) in [5.41, 5.74) is 2.37. The number of thiocarbonyl (C=S) groups is 1. The quantitative estimate of drug-likeness (QED) is 0.620. The van der Waals surface area contributed by atoms with Crippen molar-refractivity contribution >= 4 is 23.0 Å². The average Bonchev–Trinajstić information content (AvgIpc) is 3.21. The first-order chi connectivity index (χ1) is 13.6. The van der Waals surface area contributed by atoms with Crippen molar-refractivity contribution in [2.45, 2.75) is 46.1 Å². The van der Waals surface area contributed by atoms with Crippen molar-refractivity contribution < 1.29 is 4.42 Å². The molecule has 2 aromatic rings. The van der Waals surface area contributed by atoms with Gasteiger partial charge in [-0.15, -0.1) is 0 Å². The molecule has 28 heavy (non-hydrogen) atoms. The van der Waals surface area contributed by atoms with Crippen LogP contribution in [0.2, 0.25) is 0 Å². The number of rotatable bonds is 8. The van der Waals surface area contributed by atoms with E-state index in [-0.39, 0.29) is 0 Å². The molecule has 5 heteroatoms. The molecular formula is C23H33N3OS. The van der Waals surface area contributed by atoms with Gasteiger partial charge in [0.25, 0.3) is 0 Å². The highest BCUT2D eigenvalue weighted by molar-refractivity contribution is 7.80. The minimum atomic E-state index is 0.697. The third-order valence-electron chi connectivity index (χ3n) is 5.47. The number of nitrogens with one attached hydrogen (secondary N) is 1. The fourth-order valence-corrected chi connectivity index (χ4v) is 4.12. The molecular weight excluding hydrogens is 366 g/mol. The molecule has 1 aliphatic rings. The maximum Gasteiger partial charge on any atom is 0.173 e. The first-order valence-corrected chi connectivity index (χ1v) is 10.9. The molecule has 0 bridgehead atoms. The van der Waals surface area contributed by atoms with E-state index in [1.165, 1.54) is 31.5 Å². The molecule has 0 radical (unpaired) electrons. The molecule has 1 aromatic carbocycles. The Morgan fingerprint density at radius 1 is 1.29 bits per heavy atom. The lowest BCUT2D eigenvalue weighted by Gasteiger charge is -2.32. The number of piperidine rings is 1. The van der Waals surface area contributed by atoms with Gasteiger partial charge >= 0.3 is 0 Å². The topological polar surface area (TPSA) is 31.6 Å². The monoisotopic (exact) mass is 399 g/mol. The van der Waals surface area contributed by atoms with Gasteiger partial charge in [-0.2, -0.15) is 0 Å². The molecule has 0 amide bonds. The van der Waals surface area contributed by atoms with Gasteiger partial charge in [0, 0.05) is 18.8 Å². The summed E-state index contributed by atoms with van der Waals surface area (Å²) in [7, 11) is 0. The second kappa shape index (κ2) is 10.6. The van der Waals surface area contributed by atoms with Crippen LogP contribution in [-0.4, -0.2) is 41.1 Å². The van der Waals surface area contributed by atoms with Crippen molar-refractivity contribution in [3.63, 3.8) is 0 Å². The van der Waals surface area contributed by atoms with E-state index in [1.54, 1.807) is 6.26 Å². The Hall–Kier alpha value is -1.85. The van der Waals surface area contributed by atoms with Crippen molar-refractivity contribution in [3.8, 4) is 0 Å². The number of nitrogens with zero attached hydrogens (tertiary/aromatic N) is 2. The van der Waals surface area contributed by atoms with Crippen LogP contribution in [0.4, 0.5) is 5.69 Å². The molecule has 1 fully saturated rings. The maximum atomic E-state index is 5.74. The van der Waals surface area contributed by atoms with E-state index in [0.29, 0.717) is 6.54 Å². The van der Waals surface area contributed by atoms with Crippen LogP contribution in [0.25, 0.3) is 0 Å². The van der Waals surface area contributed by atoms with Gasteiger partial charge in [-0.25, -0.2) is 0 Å². The third-order valence-corrected chi connectivity index (χ3v) is 5.83. The van der Waals surface area contributed by atoms with Gasteiger partial charge < -0.3 is 19.5 Å². The van der Waals surface area contributed by atoms with Gasteiger partial charge in [0.15, 0.2) is 5.11 Å². The van der Waals surface area contributed by atoms with Gasteiger partial charge in [-0.3, -0.25) is 0 Å². The molecule has 1 saturated heterocycles. The van der Waals surface area contributed by atoms with Crippen molar-refractivity contribution in [1.82, 2.24) is 9.80 Å². The highest BCUT2D eigenvalue weighted by Crippen LogP contribution is 2.16. The Morgan fingerprint density at radius 3 is 2.79 bits per heavy atom. The van der Waals surface area contributed by atoms with Crippen molar-refractivity contribution in [3.05, 3.63) is 54.0 Å². The summed E-state index contributed by atoms with van der Waals surface area (Å²) >= 11 is 5.74. The summed E-state index contributed by atoms with van der Waals surface area (Å²) in [5.74, 6) is 1.76. The van der Waals surface area contributed by atoms with E-state index >= 15 is 0 Å². The fraction of sp³-hybridized carbons (Fsp3) is 0.522. The van der Waals surface area contributed by atoms with Crippen LogP contribution >= 0.6 is 12.2 Å². The van der Waals surface area contributed by atoms with Gasteiger partial charge in [-0.1, -0.05) is 26.0 Å². The van der Waals surface area contributed by atoms with Crippen LogP contribution in [0.5, 0.6) is 0 Å². The molecule has 1 aromatic heterocycles. The predicted molar refractivity (Wildman–Crippen MR) is 121 cm³/mol. The van der Waals surface area contributed by atoms with Gasteiger partial charge in [-0.05, 0) is 86.7 Å². The normalized spacial score (nSPS) is 17.4. The molecule has 1 aliphatic heterocycles. The summed E-state index contributed by atoms with van der Waals surface area (Å²) in [6.07, 6.45) is 6.56. The first kappa shape index (κ1) is 20.9. The fourth-order valence-electron chi connectivity index (χ4n) is 3.84. The first-order valence-electron chi connectivity index (χ1n) is 10.5. The summed E-state index contributed by atoms with van der Waals surface area (Å²) < 4.78 is 5.57. The van der Waals surface area contributed by atoms with E-state index in [1.807, 2.05) is 12.1 Å². The van der Waals surface area contributed by atoms with Crippen molar-refractivity contribution in [2.24, 2.45) is 5.92 Å². The average molecular weight is 400 g/mol. The molecule has 3 rings (SSSR count). The van der Waals surface area contributed by atoms with Crippen molar-refractivity contribution in [2.75, 3.05) is 31.5 Å². The number of anilines is 1. The van der Waals surface area contributed by atoms with E-state index < -0.39 is 0 Å². The number of hydrogen-bond acceptors (Lipinski definition) is 3. The van der Waals surface area contributed by atoms with E-state index in [0.717, 1.165) is 48.4 Å².